The van der Waals surface area contributed by atoms with E-state index in [-0.39, 0.29) is 29.1 Å². The lowest BCUT2D eigenvalue weighted by Gasteiger charge is -2.04. The van der Waals surface area contributed by atoms with Crippen molar-refractivity contribution in [2.75, 3.05) is 5.73 Å². The molecule has 4 nitrogen and oxygen atoms in total. The quantitative estimate of drug-likeness (QED) is 0.593. The predicted molar refractivity (Wildman–Crippen MR) is 50.7 cm³/mol. The van der Waals surface area contributed by atoms with Gasteiger partial charge in [-0.25, -0.2) is 4.39 Å². The van der Waals surface area contributed by atoms with Crippen LogP contribution in [0.4, 0.5) is 15.8 Å². The molecule has 2 N–H and O–H groups in total. The number of hydrogen-bond donors (Lipinski definition) is 1. The Bertz CT molecular complexity index is 391. The van der Waals surface area contributed by atoms with Crippen molar-refractivity contribution in [2.45, 2.75) is 13.3 Å². The van der Waals surface area contributed by atoms with Gasteiger partial charge in [-0.3, -0.25) is 4.79 Å². The van der Waals surface area contributed by atoms with Crippen LogP contribution in [0.2, 0.25) is 0 Å². The Morgan fingerprint density at radius 2 is 2.21 bits per heavy atom. The van der Waals surface area contributed by atoms with Crippen LogP contribution < -0.4 is 5.73 Å². The van der Waals surface area contributed by atoms with E-state index in [4.69, 9.17) is 5.73 Å². The monoisotopic (exact) mass is 196 g/mol. The second-order valence-electron chi connectivity index (χ2n) is 2.94. The highest BCUT2D eigenvalue weighted by Crippen LogP contribution is 2.26. The molecule has 0 fully saturated rings. The summed E-state index contributed by atoms with van der Waals surface area (Å²) in [6.45, 7) is 1.30. The summed E-state index contributed by atoms with van der Waals surface area (Å²) < 4.78 is 13.3. The minimum absolute atomic E-state index is 0.0347. The fraction of sp³-hybridized carbons (Fsp3) is 0.222. The molecule has 0 atom stereocenters. The molecule has 1 aromatic rings. The van der Waals surface area contributed by atoms with Gasteiger partial charge in [-0.05, 0) is 24.2 Å². The molecular weight excluding hydrogens is 187 g/mol. The molecule has 74 valence electrons. The molecule has 0 saturated carbocycles. The van der Waals surface area contributed by atoms with Crippen LogP contribution in [-0.2, 0) is 11.2 Å². The van der Waals surface area contributed by atoms with Crippen molar-refractivity contribution < 1.29 is 9.18 Å². The van der Waals surface area contributed by atoms with Crippen LogP contribution in [0.15, 0.2) is 17.3 Å². The lowest BCUT2D eigenvalue weighted by molar-refractivity contribution is -0.116. The highest BCUT2D eigenvalue weighted by molar-refractivity contribution is 5.80. The Balaban J connectivity index is 3.27. The van der Waals surface area contributed by atoms with Crippen LogP contribution in [0.25, 0.3) is 0 Å². The zero-order valence-corrected chi connectivity index (χ0v) is 7.58. The number of nitroso groups, excluding NO2 is 1. The molecule has 0 unspecified atom stereocenters. The summed E-state index contributed by atoms with van der Waals surface area (Å²) in [6, 6.07) is 2.54. The van der Waals surface area contributed by atoms with Crippen LogP contribution >= 0.6 is 0 Å². The van der Waals surface area contributed by atoms with E-state index in [0.29, 0.717) is 0 Å². The first-order chi connectivity index (χ1) is 6.56. The third kappa shape index (κ3) is 1.93. The Kier molecular flexibility index (Phi) is 2.91. The summed E-state index contributed by atoms with van der Waals surface area (Å²) in [7, 11) is 0. The van der Waals surface area contributed by atoms with Crippen LogP contribution in [0.1, 0.15) is 12.5 Å². The smallest absolute Gasteiger partial charge is 0.151 e. The van der Waals surface area contributed by atoms with Gasteiger partial charge in [0.15, 0.2) is 5.82 Å². The maximum Gasteiger partial charge on any atom is 0.151 e. The normalized spacial score (nSPS) is 9.86. The highest BCUT2D eigenvalue weighted by atomic mass is 19.1. The van der Waals surface area contributed by atoms with Gasteiger partial charge in [0.25, 0.3) is 0 Å². The van der Waals surface area contributed by atoms with Crippen molar-refractivity contribution in [1.82, 2.24) is 0 Å². The van der Waals surface area contributed by atoms with E-state index in [0.717, 1.165) is 0 Å². The van der Waals surface area contributed by atoms with Gasteiger partial charge in [0, 0.05) is 12.0 Å². The van der Waals surface area contributed by atoms with Gasteiger partial charge < -0.3 is 5.73 Å². The molecule has 0 heterocycles. The van der Waals surface area contributed by atoms with Gasteiger partial charge in [0.05, 0.1) is 5.69 Å². The molecular formula is C9H9FN2O2. The van der Waals surface area contributed by atoms with Crippen molar-refractivity contribution in [1.29, 1.82) is 0 Å². The third-order valence-corrected chi connectivity index (χ3v) is 1.77. The molecule has 0 aliphatic carbocycles. The van der Waals surface area contributed by atoms with Crippen molar-refractivity contribution in [3.05, 3.63) is 28.4 Å². The first kappa shape index (κ1) is 10.3. The molecule has 0 aliphatic rings. The molecule has 1 aromatic carbocycles. The second-order valence-corrected chi connectivity index (χ2v) is 2.94. The molecule has 0 aromatic heterocycles. The number of nitrogens with zero attached hydrogens (tertiary/aromatic N) is 1. The van der Waals surface area contributed by atoms with Gasteiger partial charge in [0.2, 0.25) is 0 Å². The molecule has 0 radical (unpaired) electrons. The van der Waals surface area contributed by atoms with Gasteiger partial charge in [-0.2, -0.15) is 0 Å². The van der Waals surface area contributed by atoms with Crippen molar-refractivity contribution in [3.8, 4) is 0 Å². The van der Waals surface area contributed by atoms with Crippen LogP contribution in [0, 0.1) is 10.7 Å². The van der Waals surface area contributed by atoms with E-state index in [1.807, 2.05) is 0 Å². The third-order valence-electron chi connectivity index (χ3n) is 1.77. The average Bonchev–Trinajstić information content (AvgIpc) is 2.13. The lowest BCUT2D eigenvalue weighted by Crippen LogP contribution is -2.02. The van der Waals surface area contributed by atoms with E-state index in [1.54, 1.807) is 0 Å². The van der Waals surface area contributed by atoms with Crippen LogP contribution in [0.5, 0.6) is 0 Å². The molecule has 0 bridgehead atoms. The molecule has 0 spiro atoms. The van der Waals surface area contributed by atoms with Gasteiger partial charge in [-0.15, -0.1) is 4.91 Å². The van der Waals surface area contributed by atoms with Gasteiger partial charge in [0.1, 0.15) is 11.5 Å². The number of rotatable bonds is 3. The molecule has 0 saturated heterocycles. The van der Waals surface area contributed by atoms with Crippen molar-refractivity contribution >= 4 is 17.2 Å². The molecule has 5 heteroatoms. The zero-order chi connectivity index (χ0) is 10.7. The summed E-state index contributed by atoms with van der Waals surface area (Å²) in [4.78, 5) is 21.1. The number of anilines is 1. The molecule has 0 aliphatic heterocycles. The van der Waals surface area contributed by atoms with Crippen LogP contribution in [0.3, 0.4) is 0 Å². The summed E-state index contributed by atoms with van der Waals surface area (Å²) >= 11 is 0. The minimum Gasteiger partial charge on any atom is -0.396 e. The maximum absolute atomic E-state index is 13.3. The van der Waals surface area contributed by atoms with E-state index < -0.39 is 5.82 Å². The lowest BCUT2D eigenvalue weighted by atomic mass is 10.1. The van der Waals surface area contributed by atoms with E-state index >= 15 is 0 Å². The fourth-order valence-corrected chi connectivity index (χ4v) is 1.13. The Morgan fingerprint density at radius 3 is 2.71 bits per heavy atom. The number of ketones is 1. The average molecular weight is 196 g/mol. The highest BCUT2D eigenvalue weighted by Gasteiger charge is 2.13. The molecule has 0 amide bonds. The first-order valence-corrected chi connectivity index (χ1v) is 3.96. The predicted octanol–water partition coefficient (Wildman–Crippen LogP) is 1.94. The Labute approximate surface area is 79.9 Å². The number of carbonyl (C=O) groups excluding carboxylic acids is 1. The number of benzene rings is 1. The number of nitrogen functional groups attached to an aromatic ring is 1. The zero-order valence-electron chi connectivity index (χ0n) is 7.58. The Hall–Kier alpha value is -1.78. The van der Waals surface area contributed by atoms with Gasteiger partial charge >= 0.3 is 0 Å². The number of halogens is 1. The first-order valence-electron chi connectivity index (χ1n) is 3.96. The summed E-state index contributed by atoms with van der Waals surface area (Å²) in [5.74, 6) is -0.989. The van der Waals surface area contributed by atoms with Gasteiger partial charge in [-0.1, -0.05) is 0 Å². The number of Topliss-reactive ketones (excluding diaryl/α,β-unsaturated/α-hetero) is 1. The number of nitrogens with two attached hydrogens (primary N) is 1. The number of hydrogen-bond acceptors (Lipinski definition) is 4. The SMILES string of the molecule is CC(=O)Cc1c(N=O)ccc(N)c1F. The molecule has 14 heavy (non-hydrogen) atoms. The molecule has 1 rings (SSSR count). The van der Waals surface area contributed by atoms with Crippen LogP contribution in [-0.4, -0.2) is 5.78 Å². The van der Waals surface area contributed by atoms with E-state index in [1.165, 1.54) is 19.1 Å². The summed E-state index contributed by atoms with van der Waals surface area (Å²) in [5, 5.41) is 2.63. The minimum atomic E-state index is -0.739. The fourth-order valence-electron chi connectivity index (χ4n) is 1.13. The maximum atomic E-state index is 13.3. The standard InChI is InChI=1S/C9H9FN2O2/c1-5(13)4-6-8(12-14)3-2-7(11)9(6)10/h2-3H,4,11H2,1H3. The number of carbonyl (C=O) groups is 1. The summed E-state index contributed by atoms with van der Waals surface area (Å²) in [5.41, 5.74) is 5.09. The van der Waals surface area contributed by atoms with Crippen molar-refractivity contribution in [3.63, 3.8) is 0 Å². The van der Waals surface area contributed by atoms with Crippen molar-refractivity contribution in [2.24, 2.45) is 5.18 Å². The Morgan fingerprint density at radius 1 is 1.57 bits per heavy atom. The second kappa shape index (κ2) is 3.95. The summed E-state index contributed by atoms with van der Waals surface area (Å²) in [6.07, 6.45) is -0.169. The van der Waals surface area contributed by atoms with E-state index in [2.05, 4.69) is 5.18 Å². The van der Waals surface area contributed by atoms with E-state index in [9.17, 15) is 14.1 Å². The topological polar surface area (TPSA) is 72.5 Å². The largest absolute Gasteiger partial charge is 0.396 e.